The lowest BCUT2D eigenvalue weighted by Crippen LogP contribution is -2.09. The summed E-state index contributed by atoms with van der Waals surface area (Å²) in [6.45, 7) is 8.18. The predicted molar refractivity (Wildman–Crippen MR) is 62.8 cm³/mol. The van der Waals surface area contributed by atoms with Gasteiger partial charge in [-0.2, -0.15) is 0 Å². The van der Waals surface area contributed by atoms with Crippen molar-refractivity contribution in [2.75, 3.05) is 32.8 Å². The maximum atomic E-state index is 5.97. The minimum Gasteiger partial charge on any atom is -0.327 e. The summed E-state index contributed by atoms with van der Waals surface area (Å²) in [5.41, 5.74) is 0. The Bertz CT molecular complexity index is 235. The summed E-state index contributed by atoms with van der Waals surface area (Å²) < 4.78 is 10.6. The molecule has 2 aliphatic rings. The average molecular weight is 234 g/mol. The third kappa shape index (κ3) is 2.56. The first-order chi connectivity index (χ1) is 6.63. The molecule has 2 rings (SSSR count). The van der Waals surface area contributed by atoms with E-state index in [0.717, 1.165) is 39.2 Å². The Morgan fingerprint density at radius 3 is 2.07 bits per heavy atom. The van der Waals surface area contributed by atoms with Crippen molar-refractivity contribution in [3.63, 3.8) is 0 Å². The summed E-state index contributed by atoms with van der Waals surface area (Å²) in [5.74, 6) is 0.710. The van der Waals surface area contributed by atoms with Gasteiger partial charge in [0.05, 0.1) is 6.61 Å². The largest absolute Gasteiger partial charge is 0.327 e. The van der Waals surface area contributed by atoms with E-state index in [9.17, 15) is 0 Å². The molecule has 0 aromatic carbocycles. The molecule has 0 radical (unpaired) electrons. The standard InChI is InChI=1S/C9H19N2OPS/c1-9(2)3-8-12-13(14,10-4-5-10)11-6-7-11/h9H,3-8H2,1-2H3. The lowest BCUT2D eigenvalue weighted by molar-refractivity contribution is 0.292. The topological polar surface area (TPSA) is 15.2 Å². The van der Waals surface area contributed by atoms with Gasteiger partial charge in [-0.25, -0.2) is 9.34 Å². The molecule has 3 nitrogen and oxygen atoms in total. The summed E-state index contributed by atoms with van der Waals surface area (Å²) in [6.07, 6.45) is 1.13. The third-order valence-corrected chi connectivity index (χ3v) is 6.97. The summed E-state index contributed by atoms with van der Waals surface area (Å²) in [5, 5.41) is 0. The van der Waals surface area contributed by atoms with Gasteiger partial charge in [-0.05, 0) is 24.1 Å². The Kier molecular flexibility index (Phi) is 3.30. The molecule has 82 valence electrons. The van der Waals surface area contributed by atoms with E-state index in [4.69, 9.17) is 16.3 Å². The second-order valence-corrected chi connectivity index (χ2v) is 8.21. The first kappa shape index (κ1) is 11.0. The number of hydrogen-bond donors (Lipinski definition) is 0. The van der Waals surface area contributed by atoms with Crippen LogP contribution in [0.4, 0.5) is 0 Å². The van der Waals surface area contributed by atoms with E-state index in [1.807, 2.05) is 0 Å². The summed E-state index contributed by atoms with van der Waals surface area (Å²) in [7, 11) is 0. The van der Waals surface area contributed by atoms with Gasteiger partial charge in [-0.1, -0.05) is 13.8 Å². The van der Waals surface area contributed by atoms with Gasteiger partial charge in [-0.3, -0.25) is 0 Å². The van der Waals surface area contributed by atoms with Crippen LogP contribution in [-0.2, 0) is 16.3 Å². The molecule has 0 amide bonds. The van der Waals surface area contributed by atoms with Gasteiger partial charge in [0.15, 0.2) is 0 Å². The van der Waals surface area contributed by atoms with Crippen molar-refractivity contribution in [1.29, 1.82) is 0 Å². The first-order valence-corrected chi connectivity index (χ1v) is 8.01. The van der Waals surface area contributed by atoms with Crippen LogP contribution in [-0.4, -0.2) is 42.1 Å². The molecule has 0 aromatic heterocycles. The van der Waals surface area contributed by atoms with Gasteiger partial charge in [0.2, 0.25) is 6.57 Å². The molecule has 0 spiro atoms. The van der Waals surface area contributed by atoms with Crippen molar-refractivity contribution in [1.82, 2.24) is 9.34 Å². The molecule has 0 unspecified atom stereocenters. The first-order valence-electron chi connectivity index (χ1n) is 5.38. The summed E-state index contributed by atoms with van der Waals surface area (Å²) in [4.78, 5) is 0. The van der Waals surface area contributed by atoms with E-state index in [1.54, 1.807) is 0 Å². The zero-order valence-corrected chi connectivity index (χ0v) is 10.7. The van der Waals surface area contributed by atoms with Crippen LogP contribution in [0.15, 0.2) is 0 Å². The predicted octanol–water partition coefficient (Wildman–Crippen LogP) is 1.90. The molecular formula is C9H19N2OPS. The highest BCUT2D eigenvalue weighted by atomic mass is 32.5. The molecule has 0 N–H and O–H groups in total. The maximum Gasteiger partial charge on any atom is 0.203 e. The van der Waals surface area contributed by atoms with Gasteiger partial charge >= 0.3 is 0 Å². The van der Waals surface area contributed by atoms with E-state index < -0.39 is 6.57 Å². The van der Waals surface area contributed by atoms with Crippen molar-refractivity contribution < 1.29 is 4.52 Å². The summed E-state index contributed by atoms with van der Waals surface area (Å²) >= 11 is 5.67. The van der Waals surface area contributed by atoms with Crippen LogP contribution < -0.4 is 0 Å². The zero-order chi connectivity index (χ0) is 10.2. The Labute approximate surface area is 91.6 Å². The van der Waals surface area contributed by atoms with Crippen LogP contribution >= 0.6 is 6.57 Å². The second kappa shape index (κ2) is 4.18. The molecular weight excluding hydrogens is 215 g/mol. The number of nitrogens with zero attached hydrogens (tertiary/aromatic N) is 2. The van der Waals surface area contributed by atoms with E-state index in [2.05, 4.69) is 23.2 Å². The molecule has 0 atom stereocenters. The fraction of sp³-hybridized carbons (Fsp3) is 1.00. The fourth-order valence-corrected chi connectivity index (χ4v) is 4.77. The highest BCUT2D eigenvalue weighted by Gasteiger charge is 2.44. The molecule has 2 fully saturated rings. The molecule has 5 heteroatoms. The molecule has 0 aliphatic carbocycles. The Morgan fingerprint density at radius 1 is 1.21 bits per heavy atom. The highest BCUT2D eigenvalue weighted by molar-refractivity contribution is 8.10. The Balaban J connectivity index is 1.82. The lowest BCUT2D eigenvalue weighted by atomic mass is 10.2. The smallest absolute Gasteiger partial charge is 0.203 e. The molecule has 0 aromatic rings. The highest BCUT2D eigenvalue weighted by Crippen LogP contribution is 2.61. The quantitative estimate of drug-likeness (QED) is 0.515. The monoisotopic (exact) mass is 234 g/mol. The van der Waals surface area contributed by atoms with Crippen molar-refractivity contribution in [3.8, 4) is 0 Å². The van der Waals surface area contributed by atoms with Crippen LogP contribution in [0.5, 0.6) is 0 Å². The lowest BCUT2D eigenvalue weighted by Gasteiger charge is -2.24. The van der Waals surface area contributed by atoms with Gasteiger partial charge in [-0.15, -0.1) is 0 Å². The van der Waals surface area contributed by atoms with Crippen LogP contribution in [0.1, 0.15) is 20.3 Å². The van der Waals surface area contributed by atoms with Crippen molar-refractivity contribution >= 4 is 18.4 Å². The van der Waals surface area contributed by atoms with E-state index >= 15 is 0 Å². The molecule has 14 heavy (non-hydrogen) atoms. The van der Waals surface area contributed by atoms with E-state index in [0.29, 0.717) is 5.92 Å². The van der Waals surface area contributed by atoms with Gasteiger partial charge in [0.25, 0.3) is 0 Å². The van der Waals surface area contributed by atoms with E-state index in [1.165, 1.54) is 0 Å². The Morgan fingerprint density at radius 2 is 1.71 bits per heavy atom. The van der Waals surface area contributed by atoms with Crippen LogP contribution in [0, 0.1) is 5.92 Å². The molecule has 0 bridgehead atoms. The fourth-order valence-electron chi connectivity index (χ4n) is 1.34. The SMILES string of the molecule is CC(C)CCOP(=S)(N1CC1)N1CC1. The number of rotatable bonds is 6. The van der Waals surface area contributed by atoms with Crippen LogP contribution in [0.25, 0.3) is 0 Å². The molecule has 2 heterocycles. The average Bonchev–Trinajstić information content (AvgIpc) is 2.96. The van der Waals surface area contributed by atoms with E-state index in [-0.39, 0.29) is 0 Å². The third-order valence-electron chi connectivity index (χ3n) is 2.52. The number of hydrogen-bond acceptors (Lipinski definition) is 2. The molecule has 0 saturated carbocycles. The van der Waals surface area contributed by atoms with Crippen molar-refractivity contribution in [2.24, 2.45) is 5.92 Å². The Hall–Kier alpha value is 0.530. The van der Waals surface area contributed by atoms with Gasteiger partial charge < -0.3 is 4.52 Å². The van der Waals surface area contributed by atoms with Crippen molar-refractivity contribution in [3.05, 3.63) is 0 Å². The van der Waals surface area contributed by atoms with Gasteiger partial charge in [0, 0.05) is 26.2 Å². The zero-order valence-electron chi connectivity index (χ0n) is 8.98. The summed E-state index contributed by atoms with van der Waals surface area (Å²) in [6, 6.07) is 0. The maximum absolute atomic E-state index is 5.97. The minimum absolute atomic E-state index is 0.710. The van der Waals surface area contributed by atoms with Crippen LogP contribution in [0.3, 0.4) is 0 Å². The second-order valence-electron chi connectivity index (χ2n) is 4.41. The van der Waals surface area contributed by atoms with Gasteiger partial charge in [0.1, 0.15) is 0 Å². The minimum atomic E-state index is -1.70. The molecule has 2 aliphatic heterocycles. The molecule has 2 saturated heterocycles. The normalized spacial score (nSPS) is 23.1. The van der Waals surface area contributed by atoms with Crippen molar-refractivity contribution in [2.45, 2.75) is 20.3 Å². The van der Waals surface area contributed by atoms with Crippen LogP contribution in [0.2, 0.25) is 0 Å².